The normalized spacial score (nSPS) is 11.9. The SMILES string of the molecule is CC(C)(O)C(=O)Nc1ccc(S(=O)(=O)Nc2cccc(I)c2)cc1Cl. The van der Waals surface area contributed by atoms with Gasteiger partial charge in [-0.3, -0.25) is 9.52 Å². The Kier molecular flexibility index (Phi) is 5.97. The molecule has 0 fully saturated rings. The molecule has 1 amide bonds. The van der Waals surface area contributed by atoms with Crippen molar-refractivity contribution in [3.05, 3.63) is 51.1 Å². The van der Waals surface area contributed by atoms with E-state index in [9.17, 15) is 18.3 Å². The highest BCUT2D eigenvalue weighted by Crippen LogP contribution is 2.27. The summed E-state index contributed by atoms with van der Waals surface area (Å²) in [6.45, 7) is 2.67. The van der Waals surface area contributed by atoms with Crippen LogP contribution in [0.1, 0.15) is 13.8 Å². The molecule has 134 valence electrons. The van der Waals surface area contributed by atoms with Gasteiger partial charge in [-0.05, 0) is 72.8 Å². The molecule has 6 nitrogen and oxygen atoms in total. The van der Waals surface area contributed by atoms with E-state index in [1.807, 2.05) is 6.07 Å². The molecule has 0 bridgehead atoms. The second-order valence-corrected chi connectivity index (χ2v) is 9.11. The highest BCUT2D eigenvalue weighted by molar-refractivity contribution is 14.1. The average molecular weight is 495 g/mol. The van der Waals surface area contributed by atoms with Gasteiger partial charge in [0.15, 0.2) is 0 Å². The first-order valence-electron chi connectivity index (χ1n) is 7.11. The number of halogens is 2. The lowest BCUT2D eigenvalue weighted by Gasteiger charge is -2.17. The maximum atomic E-state index is 12.5. The number of carbonyl (C=O) groups is 1. The Morgan fingerprint density at radius 1 is 1.20 bits per heavy atom. The molecule has 0 atom stereocenters. The van der Waals surface area contributed by atoms with Gasteiger partial charge < -0.3 is 10.4 Å². The largest absolute Gasteiger partial charge is 0.381 e. The van der Waals surface area contributed by atoms with Crippen molar-refractivity contribution in [2.24, 2.45) is 0 Å². The molecule has 0 heterocycles. The van der Waals surface area contributed by atoms with Crippen LogP contribution in [0.3, 0.4) is 0 Å². The Balaban J connectivity index is 2.25. The topological polar surface area (TPSA) is 95.5 Å². The van der Waals surface area contributed by atoms with Crippen molar-refractivity contribution in [3.63, 3.8) is 0 Å². The summed E-state index contributed by atoms with van der Waals surface area (Å²) >= 11 is 8.15. The summed E-state index contributed by atoms with van der Waals surface area (Å²) in [5.41, 5.74) is -0.940. The molecule has 9 heteroatoms. The van der Waals surface area contributed by atoms with Crippen molar-refractivity contribution in [2.75, 3.05) is 10.0 Å². The fourth-order valence-electron chi connectivity index (χ4n) is 1.81. The number of aliphatic hydroxyl groups is 1. The molecule has 0 radical (unpaired) electrons. The van der Waals surface area contributed by atoms with Crippen LogP contribution in [0, 0.1) is 3.57 Å². The molecule has 0 unspecified atom stereocenters. The van der Waals surface area contributed by atoms with E-state index >= 15 is 0 Å². The Bertz CT molecular complexity index is 911. The minimum atomic E-state index is -3.83. The fourth-order valence-corrected chi connectivity index (χ4v) is 3.72. The van der Waals surface area contributed by atoms with E-state index in [-0.39, 0.29) is 15.6 Å². The van der Waals surface area contributed by atoms with Gasteiger partial charge in [-0.15, -0.1) is 0 Å². The highest BCUT2D eigenvalue weighted by atomic mass is 127. The number of hydrogen-bond donors (Lipinski definition) is 3. The standard InChI is InChI=1S/C16H16ClIN2O4S/c1-16(2,22)15(21)19-14-7-6-12(9-13(14)17)25(23,24)20-11-5-3-4-10(18)8-11/h3-9,20,22H,1-2H3,(H,19,21). The number of sulfonamides is 1. The number of anilines is 2. The van der Waals surface area contributed by atoms with Gasteiger partial charge in [-0.2, -0.15) is 0 Å². The summed E-state index contributed by atoms with van der Waals surface area (Å²) in [4.78, 5) is 11.7. The maximum Gasteiger partial charge on any atom is 0.261 e. The van der Waals surface area contributed by atoms with Crippen LogP contribution in [0.15, 0.2) is 47.4 Å². The molecule has 0 aliphatic rings. The van der Waals surface area contributed by atoms with E-state index in [1.165, 1.54) is 32.0 Å². The van der Waals surface area contributed by atoms with Gasteiger partial charge in [0.05, 0.1) is 15.6 Å². The zero-order chi connectivity index (χ0) is 18.8. The summed E-state index contributed by atoms with van der Waals surface area (Å²) in [7, 11) is -3.83. The molecule has 2 aromatic carbocycles. The predicted octanol–water partition coefficient (Wildman–Crippen LogP) is 3.45. The molecule has 25 heavy (non-hydrogen) atoms. The molecule has 2 rings (SSSR count). The Morgan fingerprint density at radius 2 is 1.88 bits per heavy atom. The molecular weight excluding hydrogens is 479 g/mol. The lowest BCUT2D eigenvalue weighted by atomic mass is 10.1. The first-order valence-corrected chi connectivity index (χ1v) is 10.0. The van der Waals surface area contributed by atoms with Crippen LogP contribution >= 0.6 is 34.2 Å². The number of rotatable bonds is 5. The van der Waals surface area contributed by atoms with E-state index in [4.69, 9.17) is 11.6 Å². The third-order valence-corrected chi connectivity index (χ3v) is 5.49. The summed E-state index contributed by atoms with van der Waals surface area (Å²) in [5, 5.41) is 12.1. The number of benzene rings is 2. The number of carbonyl (C=O) groups excluding carboxylic acids is 1. The summed E-state index contributed by atoms with van der Waals surface area (Å²) < 4.78 is 28.3. The zero-order valence-corrected chi connectivity index (χ0v) is 17.1. The van der Waals surface area contributed by atoms with Gasteiger partial charge in [0, 0.05) is 9.26 Å². The second kappa shape index (κ2) is 7.48. The number of amides is 1. The van der Waals surface area contributed by atoms with Gasteiger partial charge in [-0.25, -0.2) is 8.42 Å². The van der Waals surface area contributed by atoms with Gasteiger partial charge in [0.25, 0.3) is 15.9 Å². The van der Waals surface area contributed by atoms with Crippen molar-refractivity contribution in [1.29, 1.82) is 0 Å². The van der Waals surface area contributed by atoms with Crippen LogP contribution in [0.5, 0.6) is 0 Å². The van der Waals surface area contributed by atoms with Gasteiger partial charge in [0.1, 0.15) is 5.60 Å². The molecule has 3 N–H and O–H groups in total. The monoisotopic (exact) mass is 494 g/mol. The van der Waals surface area contributed by atoms with E-state index < -0.39 is 21.5 Å². The van der Waals surface area contributed by atoms with Crippen LogP contribution in [-0.4, -0.2) is 25.0 Å². The second-order valence-electron chi connectivity index (χ2n) is 5.77. The molecule has 0 saturated carbocycles. The summed E-state index contributed by atoms with van der Waals surface area (Å²) in [6, 6.07) is 10.8. The first kappa shape index (κ1) is 20.0. The fraction of sp³-hybridized carbons (Fsp3) is 0.188. The average Bonchev–Trinajstić information content (AvgIpc) is 2.47. The van der Waals surface area contributed by atoms with Gasteiger partial charge >= 0.3 is 0 Å². The van der Waals surface area contributed by atoms with Crippen molar-refractivity contribution in [1.82, 2.24) is 0 Å². The number of nitrogens with one attached hydrogen (secondary N) is 2. The van der Waals surface area contributed by atoms with Crippen LogP contribution in [0.4, 0.5) is 11.4 Å². The molecule has 0 aromatic heterocycles. The Hall–Kier alpha value is -1.36. The van der Waals surface area contributed by atoms with Gasteiger partial charge in [-0.1, -0.05) is 17.7 Å². The van der Waals surface area contributed by atoms with E-state index in [2.05, 4.69) is 32.6 Å². The van der Waals surface area contributed by atoms with Crippen LogP contribution in [-0.2, 0) is 14.8 Å². The van der Waals surface area contributed by atoms with E-state index in [1.54, 1.807) is 18.2 Å². The minimum absolute atomic E-state index is 0.0439. The van der Waals surface area contributed by atoms with Gasteiger partial charge in [0.2, 0.25) is 0 Å². The van der Waals surface area contributed by atoms with E-state index in [0.717, 1.165) is 3.57 Å². The summed E-state index contributed by atoms with van der Waals surface area (Å²) in [6.07, 6.45) is 0. The Morgan fingerprint density at radius 3 is 2.44 bits per heavy atom. The number of hydrogen-bond acceptors (Lipinski definition) is 4. The van der Waals surface area contributed by atoms with Crippen molar-refractivity contribution < 1.29 is 18.3 Å². The quantitative estimate of drug-likeness (QED) is 0.555. The van der Waals surface area contributed by atoms with Crippen LogP contribution < -0.4 is 10.0 Å². The molecule has 2 aromatic rings. The molecule has 0 aliphatic heterocycles. The summed E-state index contributed by atoms with van der Waals surface area (Å²) in [5.74, 6) is -0.651. The van der Waals surface area contributed by atoms with Crippen molar-refractivity contribution >= 4 is 61.5 Å². The first-order chi connectivity index (χ1) is 11.5. The van der Waals surface area contributed by atoms with Crippen molar-refractivity contribution in [2.45, 2.75) is 24.3 Å². The third kappa shape index (κ3) is 5.30. The van der Waals surface area contributed by atoms with E-state index in [0.29, 0.717) is 5.69 Å². The smallest absolute Gasteiger partial charge is 0.261 e. The third-order valence-electron chi connectivity index (χ3n) is 3.13. The molecule has 0 spiro atoms. The van der Waals surface area contributed by atoms with Crippen LogP contribution in [0.25, 0.3) is 0 Å². The maximum absolute atomic E-state index is 12.5. The van der Waals surface area contributed by atoms with Crippen molar-refractivity contribution in [3.8, 4) is 0 Å². The zero-order valence-electron chi connectivity index (χ0n) is 13.4. The predicted molar refractivity (Wildman–Crippen MR) is 106 cm³/mol. The Labute approximate surface area is 164 Å². The molecule has 0 aliphatic carbocycles. The lowest BCUT2D eigenvalue weighted by molar-refractivity contribution is -0.130. The highest BCUT2D eigenvalue weighted by Gasteiger charge is 2.25. The molecular formula is C16H16ClIN2O4S. The minimum Gasteiger partial charge on any atom is -0.381 e. The lowest BCUT2D eigenvalue weighted by Crippen LogP contribution is -2.36. The molecule has 0 saturated heterocycles. The van der Waals surface area contributed by atoms with Crippen LogP contribution in [0.2, 0.25) is 5.02 Å².